The summed E-state index contributed by atoms with van der Waals surface area (Å²) in [6, 6.07) is 18.1. The molecule has 1 aliphatic rings. The van der Waals surface area contributed by atoms with Crippen molar-refractivity contribution in [1.82, 2.24) is 20.3 Å². The maximum atomic E-state index is 9.55. The van der Waals surface area contributed by atoms with Crippen molar-refractivity contribution in [3.05, 3.63) is 78.2 Å². The van der Waals surface area contributed by atoms with Gasteiger partial charge in [0.15, 0.2) is 0 Å². The Bertz CT molecular complexity index is 1260. The lowest BCUT2D eigenvalue weighted by Gasteiger charge is -2.24. The normalized spacial score (nSPS) is 16.0. The molecule has 7 nitrogen and oxygen atoms in total. The maximum absolute atomic E-state index is 9.55. The topological polar surface area (TPSA) is 95.8 Å². The van der Waals surface area contributed by atoms with Gasteiger partial charge >= 0.3 is 0 Å². The summed E-state index contributed by atoms with van der Waals surface area (Å²) in [5.41, 5.74) is 3.85. The van der Waals surface area contributed by atoms with Crippen LogP contribution in [0.2, 0.25) is 0 Å². The van der Waals surface area contributed by atoms with Crippen LogP contribution in [0.25, 0.3) is 22.0 Å². The summed E-state index contributed by atoms with van der Waals surface area (Å²) in [6.07, 6.45) is 5.19. The van der Waals surface area contributed by atoms with Crippen LogP contribution in [0.3, 0.4) is 0 Å². The molecular weight excluding hydrogens is 388 g/mol. The van der Waals surface area contributed by atoms with Gasteiger partial charge in [-0.1, -0.05) is 24.3 Å². The van der Waals surface area contributed by atoms with Crippen molar-refractivity contribution in [2.75, 3.05) is 25.0 Å². The summed E-state index contributed by atoms with van der Waals surface area (Å²) >= 11 is 0. The number of morpholine rings is 1. The second-order valence-corrected chi connectivity index (χ2v) is 7.32. The highest BCUT2D eigenvalue weighted by atomic mass is 16.5. The Morgan fingerprint density at radius 1 is 1.06 bits per heavy atom. The second kappa shape index (κ2) is 8.48. The van der Waals surface area contributed by atoms with Crippen LogP contribution in [0.5, 0.6) is 0 Å². The lowest BCUT2D eigenvalue weighted by atomic mass is 10.0. The second-order valence-electron chi connectivity index (χ2n) is 7.32. The monoisotopic (exact) mass is 408 g/mol. The third kappa shape index (κ3) is 4.08. The van der Waals surface area contributed by atoms with Crippen LogP contribution in [0.4, 0.5) is 11.6 Å². The zero-order valence-corrected chi connectivity index (χ0v) is 16.7. The molecule has 0 aliphatic carbocycles. The van der Waals surface area contributed by atoms with Crippen molar-refractivity contribution in [3.8, 4) is 17.3 Å². The number of rotatable bonds is 4. The van der Waals surface area contributed by atoms with Crippen molar-refractivity contribution in [2.45, 2.75) is 6.10 Å². The van der Waals surface area contributed by atoms with Crippen molar-refractivity contribution in [3.63, 3.8) is 0 Å². The van der Waals surface area contributed by atoms with E-state index < -0.39 is 0 Å². The van der Waals surface area contributed by atoms with Gasteiger partial charge in [-0.05, 0) is 35.2 Å². The summed E-state index contributed by atoms with van der Waals surface area (Å²) in [6.45, 7) is 2.43. The first kappa shape index (κ1) is 19.1. The van der Waals surface area contributed by atoms with E-state index in [0.29, 0.717) is 17.2 Å². The van der Waals surface area contributed by atoms with Crippen LogP contribution in [0.15, 0.2) is 67.1 Å². The molecule has 0 amide bonds. The molecule has 5 rings (SSSR count). The highest BCUT2D eigenvalue weighted by Crippen LogP contribution is 2.27. The van der Waals surface area contributed by atoms with Gasteiger partial charge in [-0.15, -0.1) is 0 Å². The summed E-state index contributed by atoms with van der Waals surface area (Å²) < 4.78 is 5.80. The molecule has 2 N–H and O–H groups in total. The van der Waals surface area contributed by atoms with E-state index in [1.165, 1.54) is 0 Å². The SMILES string of the molecule is N#Cc1cnc(Nc2ccc(C3CNCCO3)cc2)nc1-c1ccc2ccncc2c1. The van der Waals surface area contributed by atoms with Crippen LogP contribution in [-0.2, 0) is 4.74 Å². The Morgan fingerprint density at radius 2 is 1.97 bits per heavy atom. The van der Waals surface area contributed by atoms with Gasteiger partial charge in [0.2, 0.25) is 5.95 Å². The van der Waals surface area contributed by atoms with E-state index in [1.807, 2.05) is 48.5 Å². The van der Waals surface area contributed by atoms with Crippen LogP contribution in [0, 0.1) is 11.3 Å². The van der Waals surface area contributed by atoms with Gasteiger partial charge in [-0.2, -0.15) is 5.26 Å². The predicted octanol–water partition coefficient (Wildman–Crippen LogP) is 3.97. The Morgan fingerprint density at radius 3 is 2.77 bits per heavy atom. The van der Waals surface area contributed by atoms with Gasteiger partial charge < -0.3 is 15.4 Å². The molecule has 0 saturated carbocycles. The highest BCUT2D eigenvalue weighted by Gasteiger charge is 2.15. The molecule has 152 valence electrons. The van der Waals surface area contributed by atoms with Gasteiger partial charge in [-0.3, -0.25) is 4.98 Å². The largest absolute Gasteiger partial charge is 0.371 e. The zero-order chi connectivity index (χ0) is 21.0. The summed E-state index contributed by atoms with van der Waals surface area (Å²) in [4.78, 5) is 13.1. The van der Waals surface area contributed by atoms with Crippen LogP contribution >= 0.6 is 0 Å². The fourth-order valence-corrected chi connectivity index (χ4v) is 3.67. The molecule has 1 saturated heterocycles. The average molecular weight is 408 g/mol. The lowest BCUT2D eigenvalue weighted by Crippen LogP contribution is -2.33. The molecule has 7 heteroatoms. The molecule has 1 atom stereocenters. The number of benzene rings is 2. The van der Waals surface area contributed by atoms with Crippen molar-refractivity contribution in [2.24, 2.45) is 0 Å². The maximum Gasteiger partial charge on any atom is 0.227 e. The zero-order valence-electron chi connectivity index (χ0n) is 16.7. The molecule has 0 bridgehead atoms. The minimum Gasteiger partial charge on any atom is -0.371 e. The fraction of sp³-hybridized carbons (Fsp3) is 0.167. The standard InChI is InChI=1S/C24H20N6O/c25-12-20-14-28-24(29-21-5-3-17(4-6-21)22-15-27-9-10-31-22)30-23(20)18-2-1-16-7-8-26-13-19(16)11-18/h1-8,11,13-14,22,27H,9-10,15H2,(H,28,29,30). The molecular formula is C24H20N6O. The first-order valence-electron chi connectivity index (χ1n) is 10.1. The molecule has 1 fully saturated rings. The molecule has 2 aromatic carbocycles. The van der Waals surface area contributed by atoms with Gasteiger partial charge in [-0.25, -0.2) is 9.97 Å². The van der Waals surface area contributed by atoms with Gasteiger partial charge in [0.25, 0.3) is 0 Å². The Balaban J connectivity index is 1.42. The van der Waals surface area contributed by atoms with Crippen molar-refractivity contribution >= 4 is 22.4 Å². The molecule has 4 aromatic rings. The number of nitrogens with one attached hydrogen (secondary N) is 2. The average Bonchev–Trinajstić information content (AvgIpc) is 2.85. The molecule has 1 aliphatic heterocycles. The quantitative estimate of drug-likeness (QED) is 0.527. The van der Waals surface area contributed by atoms with Crippen LogP contribution in [0.1, 0.15) is 17.2 Å². The van der Waals surface area contributed by atoms with Crippen molar-refractivity contribution < 1.29 is 4.74 Å². The van der Waals surface area contributed by atoms with E-state index in [-0.39, 0.29) is 6.10 Å². The first-order chi connectivity index (χ1) is 15.3. The number of anilines is 2. The minimum atomic E-state index is 0.0722. The number of fused-ring (bicyclic) bond motifs is 1. The van der Waals surface area contributed by atoms with E-state index in [4.69, 9.17) is 4.74 Å². The molecule has 1 unspecified atom stereocenters. The Hall–Kier alpha value is -3.86. The van der Waals surface area contributed by atoms with Gasteiger partial charge in [0, 0.05) is 42.1 Å². The van der Waals surface area contributed by atoms with Crippen LogP contribution < -0.4 is 10.6 Å². The molecule has 2 aromatic heterocycles. The van der Waals surface area contributed by atoms with E-state index in [9.17, 15) is 5.26 Å². The van der Waals surface area contributed by atoms with Gasteiger partial charge in [0.1, 0.15) is 6.07 Å². The first-order valence-corrected chi connectivity index (χ1v) is 10.1. The smallest absolute Gasteiger partial charge is 0.227 e. The molecule has 31 heavy (non-hydrogen) atoms. The number of pyridine rings is 1. The van der Waals surface area contributed by atoms with Crippen LogP contribution in [-0.4, -0.2) is 34.6 Å². The third-order valence-electron chi connectivity index (χ3n) is 5.29. The van der Waals surface area contributed by atoms with E-state index in [0.717, 1.165) is 47.3 Å². The fourth-order valence-electron chi connectivity index (χ4n) is 3.67. The highest BCUT2D eigenvalue weighted by molar-refractivity contribution is 5.86. The third-order valence-corrected chi connectivity index (χ3v) is 5.29. The van der Waals surface area contributed by atoms with Gasteiger partial charge in [0.05, 0.1) is 30.2 Å². The number of nitriles is 1. The summed E-state index contributed by atoms with van der Waals surface area (Å²) in [5.74, 6) is 0.434. The predicted molar refractivity (Wildman–Crippen MR) is 119 cm³/mol. The minimum absolute atomic E-state index is 0.0722. The number of hydrogen-bond donors (Lipinski definition) is 2. The molecule has 0 spiro atoms. The van der Waals surface area contributed by atoms with E-state index in [2.05, 4.69) is 31.7 Å². The number of hydrogen-bond acceptors (Lipinski definition) is 7. The number of nitrogens with zero attached hydrogens (tertiary/aromatic N) is 4. The number of aromatic nitrogens is 3. The van der Waals surface area contributed by atoms with E-state index >= 15 is 0 Å². The number of ether oxygens (including phenoxy) is 1. The lowest BCUT2D eigenvalue weighted by molar-refractivity contribution is 0.0277. The Labute approximate surface area is 179 Å². The molecule has 3 heterocycles. The summed E-state index contributed by atoms with van der Waals surface area (Å²) in [7, 11) is 0. The van der Waals surface area contributed by atoms with Crippen molar-refractivity contribution in [1.29, 1.82) is 5.26 Å². The molecule has 0 radical (unpaired) electrons. The summed E-state index contributed by atoms with van der Waals surface area (Å²) in [5, 5.41) is 18.2. The Kier molecular flexibility index (Phi) is 5.23. The van der Waals surface area contributed by atoms with E-state index in [1.54, 1.807) is 18.6 Å².